The minimum absolute atomic E-state index is 0.343. The molecule has 0 aromatic heterocycles. The molecule has 1 saturated heterocycles. The van der Waals surface area contributed by atoms with Gasteiger partial charge in [-0.25, -0.2) is 4.79 Å². The van der Waals surface area contributed by atoms with E-state index in [1.807, 2.05) is 19.1 Å². The topological polar surface area (TPSA) is 66.5 Å². The maximum absolute atomic E-state index is 13.0. The number of amides is 3. The van der Waals surface area contributed by atoms with Gasteiger partial charge in [-0.15, -0.1) is 0 Å². The van der Waals surface area contributed by atoms with Crippen LogP contribution in [0.25, 0.3) is 0 Å². The smallest absolute Gasteiger partial charge is 0.319 e. The van der Waals surface area contributed by atoms with Gasteiger partial charge in [0, 0.05) is 10.6 Å². The van der Waals surface area contributed by atoms with Gasteiger partial charge in [0.2, 0.25) is 0 Å². The molecule has 6 heteroatoms. The molecule has 1 aliphatic rings. The van der Waals surface area contributed by atoms with E-state index in [-0.39, 0.29) is 5.78 Å². The number of carbonyl (C=O) groups excluding carboxylic acids is 3. The molecule has 0 aliphatic carbocycles. The number of hydrogen-bond donors (Lipinski definition) is 1. The van der Waals surface area contributed by atoms with Crippen LogP contribution in [0.5, 0.6) is 0 Å². The van der Waals surface area contributed by atoms with E-state index in [0.717, 1.165) is 10.5 Å². The van der Waals surface area contributed by atoms with Crippen molar-refractivity contribution >= 4 is 29.3 Å². The number of ketones is 1. The van der Waals surface area contributed by atoms with Crippen LogP contribution in [0.3, 0.4) is 0 Å². The zero-order chi connectivity index (χ0) is 19.1. The molecule has 2 aromatic carbocycles. The lowest BCUT2D eigenvalue weighted by atomic mass is 9.91. The number of hydrogen-bond acceptors (Lipinski definition) is 3. The predicted molar refractivity (Wildman–Crippen MR) is 99.2 cm³/mol. The zero-order valence-corrected chi connectivity index (χ0v) is 15.5. The molecule has 3 amide bonds. The van der Waals surface area contributed by atoms with Gasteiger partial charge in [-0.1, -0.05) is 53.6 Å². The summed E-state index contributed by atoms with van der Waals surface area (Å²) in [6, 6.07) is 12.3. The van der Waals surface area contributed by atoms with E-state index < -0.39 is 23.5 Å². The SMILES string of the molecule is Cc1ccc(C2(C)NC(=O)N(C(C)C(=O)c3cccc(Cl)c3)C2=O)cc1. The Morgan fingerprint density at radius 2 is 1.81 bits per heavy atom. The molecule has 2 atom stereocenters. The monoisotopic (exact) mass is 370 g/mol. The highest BCUT2D eigenvalue weighted by molar-refractivity contribution is 6.31. The van der Waals surface area contributed by atoms with Crippen molar-refractivity contribution < 1.29 is 14.4 Å². The zero-order valence-electron chi connectivity index (χ0n) is 14.7. The lowest BCUT2D eigenvalue weighted by molar-refractivity contribution is -0.131. The van der Waals surface area contributed by atoms with E-state index in [0.29, 0.717) is 16.1 Å². The number of imide groups is 1. The van der Waals surface area contributed by atoms with Crippen LogP contribution in [0.4, 0.5) is 4.79 Å². The molecular formula is C20H19ClN2O3. The average molecular weight is 371 g/mol. The summed E-state index contributed by atoms with van der Waals surface area (Å²) in [6.07, 6.45) is 0. The van der Waals surface area contributed by atoms with Crippen LogP contribution in [0.2, 0.25) is 5.02 Å². The molecule has 1 fully saturated rings. The molecule has 0 spiro atoms. The number of carbonyl (C=O) groups is 3. The molecule has 2 unspecified atom stereocenters. The molecule has 3 rings (SSSR count). The van der Waals surface area contributed by atoms with Crippen LogP contribution in [-0.4, -0.2) is 28.7 Å². The first-order chi connectivity index (χ1) is 12.2. The van der Waals surface area contributed by atoms with Crippen molar-refractivity contribution in [3.8, 4) is 0 Å². The number of nitrogens with zero attached hydrogens (tertiary/aromatic N) is 1. The third-order valence-corrected chi connectivity index (χ3v) is 4.96. The molecule has 5 nitrogen and oxygen atoms in total. The van der Waals surface area contributed by atoms with Gasteiger partial charge in [-0.05, 0) is 38.5 Å². The van der Waals surface area contributed by atoms with Gasteiger partial charge in [0.25, 0.3) is 5.91 Å². The van der Waals surface area contributed by atoms with Gasteiger partial charge in [-0.3, -0.25) is 14.5 Å². The van der Waals surface area contributed by atoms with Crippen molar-refractivity contribution in [2.75, 3.05) is 0 Å². The minimum Gasteiger partial charge on any atom is -0.319 e. The van der Waals surface area contributed by atoms with Crippen molar-refractivity contribution in [2.24, 2.45) is 0 Å². The minimum atomic E-state index is -1.20. The summed E-state index contributed by atoms with van der Waals surface area (Å²) < 4.78 is 0. The highest BCUT2D eigenvalue weighted by Gasteiger charge is 2.51. The van der Waals surface area contributed by atoms with Crippen molar-refractivity contribution in [2.45, 2.75) is 32.4 Å². The summed E-state index contributed by atoms with van der Waals surface area (Å²) >= 11 is 5.94. The molecule has 1 N–H and O–H groups in total. The Morgan fingerprint density at radius 1 is 1.15 bits per heavy atom. The predicted octanol–water partition coefficient (Wildman–Crippen LogP) is 3.69. The Morgan fingerprint density at radius 3 is 2.42 bits per heavy atom. The van der Waals surface area contributed by atoms with Crippen molar-refractivity contribution in [1.82, 2.24) is 10.2 Å². The largest absolute Gasteiger partial charge is 0.325 e. The second kappa shape index (κ2) is 6.57. The number of halogens is 1. The summed E-state index contributed by atoms with van der Waals surface area (Å²) in [5.41, 5.74) is 0.879. The summed E-state index contributed by atoms with van der Waals surface area (Å²) in [5.74, 6) is -0.793. The third-order valence-electron chi connectivity index (χ3n) is 4.73. The fraction of sp³-hybridized carbons (Fsp3) is 0.250. The van der Waals surface area contributed by atoms with Crippen LogP contribution in [0.1, 0.15) is 35.3 Å². The fourth-order valence-corrected chi connectivity index (χ4v) is 3.29. The van der Waals surface area contributed by atoms with E-state index in [9.17, 15) is 14.4 Å². The van der Waals surface area contributed by atoms with E-state index in [4.69, 9.17) is 11.6 Å². The maximum atomic E-state index is 13.0. The van der Waals surface area contributed by atoms with Gasteiger partial charge in [0.1, 0.15) is 11.6 Å². The van der Waals surface area contributed by atoms with Crippen LogP contribution >= 0.6 is 11.6 Å². The van der Waals surface area contributed by atoms with Gasteiger partial charge >= 0.3 is 6.03 Å². The van der Waals surface area contributed by atoms with Crippen molar-refractivity contribution in [3.63, 3.8) is 0 Å². The number of aryl methyl sites for hydroxylation is 1. The van der Waals surface area contributed by atoms with Crippen LogP contribution < -0.4 is 5.32 Å². The number of urea groups is 1. The Labute approximate surface area is 156 Å². The molecule has 26 heavy (non-hydrogen) atoms. The first kappa shape index (κ1) is 18.1. The molecule has 0 radical (unpaired) electrons. The van der Waals surface area contributed by atoms with Crippen molar-refractivity contribution in [1.29, 1.82) is 0 Å². The Kier molecular flexibility index (Phi) is 4.59. The van der Waals surface area contributed by atoms with E-state index >= 15 is 0 Å². The van der Waals surface area contributed by atoms with Gasteiger partial charge in [-0.2, -0.15) is 0 Å². The Bertz CT molecular complexity index is 894. The number of rotatable bonds is 4. The number of benzene rings is 2. The van der Waals surface area contributed by atoms with Gasteiger partial charge in [0.05, 0.1) is 0 Å². The van der Waals surface area contributed by atoms with Gasteiger partial charge in [0.15, 0.2) is 5.78 Å². The molecule has 1 aliphatic heterocycles. The summed E-state index contributed by atoms with van der Waals surface area (Å²) in [7, 11) is 0. The average Bonchev–Trinajstić information content (AvgIpc) is 2.84. The fourth-order valence-electron chi connectivity index (χ4n) is 3.10. The third kappa shape index (κ3) is 2.99. The quantitative estimate of drug-likeness (QED) is 0.659. The van der Waals surface area contributed by atoms with Crippen LogP contribution in [-0.2, 0) is 10.3 Å². The van der Waals surface area contributed by atoms with E-state index in [1.54, 1.807) is 44.2 Å². The first-order valence-electron chi connectivity index (χ1n) is 8.27. The highest BCUT2D eigenvalue weighted by Crippen LogP contribution is 2.31. The van der Waals surface area contributed by atoms with Crippen LogP contribution in [0, 0.1) is 6.92 Å². The second-order valence-corrected chi connectivity index (χ2v) is 7.08. The molecule has 1 heterocycles. The second-order valence-electron chi connectivity index (χ2n) is 6.65. The first-order valence-corrected chi connectivity index (χ1v) is 8.64. The summed E-state index contributed by atoms with van der Waals surface area (Å²) in [5, 5.41) is 3.14. The lowest BCUT2D eigenvalue weighted by Crippen LogP contribution is -2.45. The lowest BCUT2D eigenvalue weighted by Gasteiger charge is -2.24. The summed E-state index contributed by atoms with van der Waals surface area (Å²) in [4.78, 5) is 39.3. The summed E-state index contributed by atoms with van der Waals surface area (Å²) in [6.45, 7) is 5.13. The van der Waals surface area contributed by atoms with Crippen molar-refractivity contribution in [3.05, 3.63) is 70.2 Å². The van der Waals surface area contributed by atoms with Gasteiger partial charge < -0.3 is 5.32 Å². The normalized spacial score (nSPS) is 20.8. The number of Topliss-reactive ketones (excluding diaryl/α,β-unsaturated/α-hetero) is 1. The Balaban J connectivity index is 1.91. The molecule has 0 saturated carbocycles. The number of nitrogens with one attached hydrogen (secondary N) is 1. The molecule has 2 aromatic rings. The molecular weight excluding hydrogens is 352 g/mol. The Hall–Kier alpha value is -2.66. The maximum Gasteiger partial charge on any atom is 0.325 e. The molecule has 134 valence electrons. The molecule has 0 bridgehead atoms. The van der Waals surface area contributed by atoms with E-state index in [2.05, 4.69) is 5.32 Å². The van der Waals surface area contributed by atoms with Crippen LogP contribution in [0.15, 0.2) is 48.5 Å². The highest BCUT2D eigenvalue weighted by atomic mass is 35.5. The standard InChI is InChI=1S/C20H19ClN2O3/c1-12-7-9-15(10-8-12)20(3)18(25)23(19(26)22-20)13(2)17(24)14-5-4-6-16(21)11-14/h4-11,13H,1-3H3,(H,22,26). The van der Waals surface area contributed by atoms with E-state index in [1.165, 1.54) is 6.07 Å².